The van der Waals surface area contributed by atoms with E-state index in [-0.39, 0.29) is 5.95 Å². The van der Waals surface area contributed by atoms with Crippen LogP contribution in [-0.2, 0) is 0 Å². The number of aromatic nitrogens is 6. The van der Waals surface area contributed by atoms with Crippen molar-refractivity contribution in [3.63, 3.8) is 0 Å². The van der Waals surface area contributed by atoms with Crippen LogP contribution in [0.15, 0.2) is 28.9 Å². The van der Waals surface area contributed by atoms with Crippen molar-refractivity contribution in [2.24, 2.45) is 5.84 Å². The molecular formula is C9H7ClN8S. The van der Waals surface area contributed by atoms with Crippen LogP contribution in [0.2, 0.25) is 5.02 Å². The van der Waals surface area contributed by atoms with Crippen LogP contribution in [0.4, 0.5) is 5.95 Å². The Morgan fingerprint density at radius 3 is 2.95 bits per heavy atom. The number of nitrogens with zero attached hydrogens (tertiary/aromatic N) is 5. The summed E-state index contributed by atoms with van der Waals surface area (Å²) in [7, 11) is 0. The Kier molecular flexibility index (Phi) is 3.15. The average molecular weight is 295 g/mol. The van der Waals surface area contributed by atoms with Gasteiger partial charge in [0.1, 0.15) is 21.9 Å². The molecule has 10 heteroatoms. The summed E-state index contributed by atoms with van der Waals surface area (Å²) in [6, 6.07) is 0. The summed E-state index contributed by atoms with van der Waals surface area (Å²) in [5, 5.41) is 1.63. The molecule has 3 aromatic heterocycles. The van der Waals surface area contributed by atoms with Gasteiger partial charge >= 0.3 is 0 Å². The highest BCUT2D eigenvalue weighted by molar-refractivity contribution is 7.99. The second-order valence-corrected chi connectivity index (χ2v) is 4.76. The van der Waals surface area contributed by atoms with Gasteiger partial charge in [-0.25, -0.2) is 30.8 Å². The number of rotatable bonds is 3. The number of aromatic amines is 1. The molecule has 0 fully saturated rings. The molecule has 0 aliphatic rings. The van der Waals surface area contributed by atoms with E-state index in [9.17, 15) is 0 Å². The largest absolute Gasteiger partial charge is 0.341 e. The maximum atomic E-state index is 6.04. The fourth-order valence-corrected chi connectivity index (χ4v) is 2.43. The summed E-state index contributed by atoms with van der Waals surface area (Å²) < 4.78 is 0. The summed E-state index contributed by atoms with van der Waals surface area (Å²) in [6.45, 7) is 0. The number of nitrogens with two attached hydrogens (primary N) is 1. The highest BCUT2D eigenvalue weighted by atomic mass is 35.5. The molecular weight excluding hydrogens is 288 g/mol. The van der Waals surface area contributed by atoms with Crippen LogP contribution in [0.25, 0.3) is 11.2 Å². The number of anilines is 1. The minimum Gasteiger partial charge on any atom is -0.341 e. The van der Waals surface area contributed by atoms with E-state index in [1.807, 2.05) is 0 Å². The van der Waals surface area contributed by atoms with Gasteiger partial charge in [-0.2, -0.15) is 0 Å². The molecule has 3 heterocycles. The monoisotopic (exact) mass is 294 g/mol. The van der Waals surface area contributed by atoms with E-state index < -0.39 is 0 Å². The van der Waals surface area contributed by atoms with Gasteiger partial charge in [0.05, 0.1) is 17.5 Å². The minimum atomic E-state index is 0.279. The maximum Gasteiger partial charge on any atom is 0.238 e. The molecule has 0 aliphatic carbocycles. The van der Waals surface area contributed by atoms with E-state index in [4.69, 9.17) is 17.4 Å². The molecule has 3 aromatic rings. The fraction of sp³-hybridized carbons (Fsp3) is 0. The van der Waals surface area contributed by atoms with Crippen molar-refractivity contribution in [2.45, 2.75) is 10.1 Å². The lowest BCUT2D eigenvalue weighted by Gasteiger charge is -2.04. The summed E-state index contributed by atoms with van der Waals surface area (Å²) in [5.41, 5.74) is 3.67. The first-order chi connectivity index (χ1) is 9.28. The molecule has 8 nitrogen and oxygen atoms in total. The predicted molar refractivity (Wildman–Crippen MR) is 70.7 cm³/mol. The third-order valence-corrected chi connectivity index (χ3v) is 3.62. The third kappa shape index (κ3) is 2.30. The van der Waals surface area contributed by atoms with Gasteiger partial charge in [0.2, 0.25) is 5.95 Å². The van der Waals surface area contributed by atoms with E-state index in [0.29, 0.717) is 20.7 Å². The van der Waals surface area contributed by atoms with Gasteiger partial charge in [-0.15, -0.1) is 0 Å². The Morgan fingerprint density at radius 1 is 1.21 bits per heavy atom. The molecule has 0 amide bonds. The van der Waals surface area contributed by atoms with Gasteiger partial charge in [0, 0.05) is 0 Å². The molecule has 0 aromatic carbocycles. The first-order valence-electron chi connectivity index (χ1n) is 5.09. The van der Waals surface area contributed by atoms with Crippen LogP contribution in [0.3, 0.4) is 0 Å². The maximum absolute atomic E-state index is 6.04. The van der Waals surface area contributed by atoms with Gasteiger partial charge in [0.15, 0.2) is 5.65 Å². The minimum absolute atomic E-state index is 0.279. The van der Waals surface area contributed by atoms with Crippen molar-refractivity contribution in [3.05, 3.63) is 23.9 Å². The van der Waals surface area contributed by atoms with E-state index in [0.717, 1.165) is 5.52 Å². The number of hydrogen-bond acceptors (Lipinski definition) is 8. The second-order valence-electron chi connectivity index (χ2n) is 3.37. The fourth-order valence-electron chi connectivity index (χ4n) is 1.40. The van der Waals surface area contributed by atoms with Crippen molar-refractivity contribution in [1.29, 1.82) is 0 Å². The summed E-state index contributed by atoms with van der Waals surface area (Å²) in [6.07, 6.45) is 4.46. The molecule has 0 saturated heterocycles. The Hall–Kier alpha value is -1.97. The zero-order valence-electron chi connectivity index (χ0n) is 9.33. The molecule has 0 saturated carbocycles. The molecule has 0 bridgehead atoms. The van der Waals surface area contributed by atoms with E-state index in [1.165, 1.54) is 24.3 Å². The van der Waals surface area contributed by atoms with Crippen molar-refractivity contribution < 1.29 is 0 Å². The zero-order chi connectivity index (χ0) is 13.2. The normalized spacial score (nSPS) is 10.8. The molecule has 0 aliphatic heterocycles. The average Bonchev–Trinajstić information content (AvgIpc) is 2.90. The van der Waals surface area contributed by atoms with E-state index >= 15 is 0 Å². The molecule has 0 radical (unpaired) electrons. The van der Waals surface area contributed by atoms with Crippen molar-refractivity contribution in [2.75, 3.05) is 5.43 Å². The zero-order valence-corrected chi connectivity index (χ0v) is 10.9. The molecule has 0 unspecified atom stereocenters. The predicted octanol–water partition coefficient (Wildman–Crippen LogP) is 1.23. The molecule has 0 atom stereocenters. The van der Waals surface area contributed by atoms with Gasteiger partial charge in [-0.3, -0.25) is 5.43 Å². The number of nitrogen functional groups attached to an aromatic ring is 1. The van der Waals surface area contributed by atoms with Gasteiger partial charge in [0.25, 0.3) is 0 Å². The second kappa shape index (κ2) is 4.96. The van der Waals surface area contributed by atoms with Crippen LogP contribution < -0.4 is 11.3 Å². The van der Waals surface area contributed by atoms with Gasteiger partial charge < -0.3 is 4.98 Å². The molecule has 19 heavy (non-hydrogen) atoms. The SMILES string of the molecule is NNc1ncc(Cl)c(Sc2ncnc3nc[nH]c23)n1. The number of fused-ring (bicyclic) bond motifs is 1. The molecule has 3 rings (SSSR count). The number of halogens is 1. The lowest BCUT2D eigenvalue weighted by atomic mass is 10.6. The van der Waals surface area contributed by atoms with Crippen LogP contribution in [0.5, 0.6) is 0 Å². The summed E-state index contributed by atoms with van der Waals surface area (Å²) in [5.74, 6) is 5.55. The quantitative estimate of drug-likeness (QED) is 0.375. The van der Waals surface area contributed by atoms with E-state index in [2.05, 4.69) is 35.3 Å². The van der Waals surface area contributed by atoms with Crippen LogP contribution in [0, 0.1) is 0 Å². The standard InChI is InChI=1S/C9H7ClN8S/c10-4-1-12-9(18-11)17-7(4)19-8-5-6(14-2-13-5)15-3-16-8/h1-3H,11H2,(H,12,17,18)(H,13,14,15,16). The third-order valence-electron chi connectivity index (χ3n) is 2.22. The lowest BCUT2D eigenvalue weighted by molar-refractivity contribution is 1.02. The summed E-state index contributed by atoms with van der Waals surface area (Å²) in [4.78, 5) is 23.3. The van der Waals surface area contributed by atoms with Crippen molar-refractivity contribution >= 4 is 40.5 Å². The molecule has 0 spiro atoms. The Morgan fingerprint density at radius 2 is 2.11 bits per heavy atom. The Bertz CT molecular complexity index is 729. The van der Waals surface area contributed by atoms with Crippen LogP contribution in [0.1, 0.15) is 0 Å². The Balaban J connectivity index is 2.03. The van der Waals surface area contributed by atoms with Gasteiger partial charge in [-0.1, -0.05) is 11.6 Å². The Labute approximate surface area is 116 Å². The van der Waals surface area contributed by atoms with E-state index in [1.54, 1.807) is 6.33 Å². The number of hydrazine groups is 1. The first-order valence-corrected chi connectivity index (χ1v) is 6.28. The summed E-state index contributed by atoms with van der Waals surface area (Å²) >= 11 is 7.32. The lowest BCUT2D eigenvalue weighted by Crippen LogP contribution is -2.10. The molecule has 4 N–H and O–H groups in total. The number of imidazole rings is 1. The van der Waals surface area contributed by atoms with Crippen molar-refractivity contribution in [3.8, 4) is 0 Å². The highest BCUT2D eigenvalue weighted by Crippen LogP contribution is 2.32. The first kappa shape index (κ1) is 12.1. The topological polar surface area (TPSA) is 118 Å². The van der Waals surface area contributed by atoms with Crippen LogP contribution >= 0.6 is 23.4 Å². The van der Waals surface area contributed by atoms with Crippen molar-refractivity contribution in [1.82, 2.24) is 29.9 Å². The highest BCUT2D eigenvalue weighted by Gasteiger charge is 2.12. The number of H-pyrrole nitrogens is 1. The smallest absolute Gasteiger partial charge is 0.238 e. The number of nitrogens with one attached hydrogen (secondary N) is 2. The van der Waals surface area contributed by atoms with Crippen LogP contribution in [-0.4, -0.2) is 29.9 Å². The number of hydrogen-bond donors (Lipinski definition) is 3. The molecule has 96 valence electrons. The van der Waals surface area contributed by atoms with Gasteiger partial charge in [-0.05, 0) is 11.8 Å².